The second-order valence-electron chi connectivity index (χ2n) is 4.68. The minimum absolute atomic E-state index is 0.101. The first kappa shape index (κ1) is 13.6. The van der Waals surface area contributed by atoms with Gasteiger partial charge in [-0.3, -0.25) is 4.57 Å². The highest BCUT2D eigenvalue weighted by atomic mass is 19.2. The topological polar surface area (TPSA) is 43.8 Å². The van der Waals surface area contributed by atoms with Gasteiger partial charge in [0.25, 0.3) is 0 Å². The van der Waals surface area contributed by atoms with Crippen LogP contribution in [-0.4, -0.2) is 9.55 Å². The van der Waals surface area contributed by atoms with E-state index in [1.165, 1.54) is 17.1 Å². The van der Waals surface area contributed by atoms with E-state index in [1.54, 1.807) is 0 Å². The lowest BCUT2D eigenvalue weighted by molar-refractivity contribution is 0.483. The van der Waals surface area contributed by atoms with Crippen LogP contribution in [0.4, 0.5) is 13.2 Å². The molecule has 102 valence electrons. The molecule has 0 saturated heterocycles. The first-order chi connectivity index (χ1) is 8.91. The Hall–Kier alpha value is -1.82. The molecule has 0 amide bonds. The average Bonchev–Trinajstić information content (AvgIpc) is 2.81. The van der Waals surface area contributed by atoms with Gasteiger partial charge in [0.1, 0.15) is 5.82 Å². The molecule has 1 heterocycles. The van der Waals surface area contributed by atoms with Gasteiger partial charge in [-0.1, -0.05) is 13.8 Å². The minimum atomic E-state index is -1.23. The molecule has 0 spiro atoms. The monoisotopic (exact) mass is 269 g/mol. The van der Waals surface area contributed by atoms with Gasteiger partial charge < -0.3 is 5.73 Å². The zero-order valence-corrected chi connectivity index (χ0v) is 10.6. The Morgan fingerprint density at radius 1 is 1.11 bits per heavy atom. The van der Waals surface area contributed by atoms with E-state index < -0.39 is 17.5 Å². The van der Waals surface area contributed by atoms with Crippen molar-refractivity contribution in [3.8, 4) is 5.69 Å². The second kappa shape index (κ2) is 5.05. The fourth-order valence-electron chi connectivity index (χ4n) is 1.79. The van der Waals surface area contributed by atoms with Crippen LogP contribution >= 0.6 is 0 Å². The molecule has 0 saturated carbocycles. The van der Waals surface area contributed by atoms with Gasteiger partial charge in [-0.2, -0.15) is 0 Å². The summed E-state index contributed by atoms with van der Waals surface area (Å²) in [5.41, 5.74) is 6.42. The van der Waals surface area contributed by atoms with Gasteiger partial charge in [0.05, 0.1) is 23.9 Å². The maximum atomic E-state index is 13.7. The smallest absolute Gasteiger partial charge is 0.161 e. The van der Waals surface area contributed by atoms with Gasteiger partial charge in [0.2, 0.25) is 0 Å². The molecule has 0 radical (unpaired) electrons. The Balaban J connectivity index is 2.55. The summed E-state index contributed by atoms with van der Waals surface area (Å²) in [7, 11) is 0. The number of halogens is 3. The van der Waals surface area contributed by atoms with Gasteiger partial charge >= 0.3 is 0 Å². The Morgan fingerprint density at radius 2 is 1.74 bits per heavy atom. The highest BCUT2D eigenvalue weighted by molar-refractivity contribution is 5.37. The van der Waals surface area contributed by atoms with Crippen LogP contribution in [-0.2, 0) is 0 Å². The van der Waals surface area contributed by atoms with E-state index in [4.69, 9.17) is 5.73 Å². The highest BCUT2D eigenvalue weighted by Gasteiger charge is 2.19. The van der Waals surface area contributed by atoms with Crippen LogP contribution in [0.5, 0.6) is 0 Å². The minimum Gasteiger partial charge on any atom is -0.322 e. The van der Waals surface area contributed by atoms with E-state index in [2.05, 4.69) is 4.98 Å². The van der Waals surface area contributed by atoms with Crippen molar-refractivity contribution >= 4 is 0 Å². The van der Waals surface area contributed by atoms with Crippen molar-refractivity contribution in [2.24, 2.45) is 11.7 Å². The predicted octanol–water partition coefficient (Wildman–Crippen LogP) is 2.95. The molecule has 2 rings (SSSR count). The number of imidazole rings is 1. The van der Waals surface area contributed by atoms with Gasteiger partial charge in [-0.05, 0) is 5.92 Å². The second-order valence-corrected chi connectivity index (χ2v) is 4.68. The Bertz CT molecular complexity index is 593. The number of nitrogens with zero attached hydrogens (tertiary/aromatic N) is 2. The number of hydrogen-bond acceptors (Lipinski definition) is 2. The molecular formula is C13H14F3N3. The standard InChI is InChI=1S/C13H14F3N3/c1-7(2)13(17)12-5-18-6-19(12)11-4-9(15)8(14)3-10(11)16/h3-7,13H,17H2,1-2H3. The zero-order chi connectivity index (χ0) is 14.2. The summed E-state index contributed by atoms with van der Waals surface area (Å²) in [6.45, 7) is 3.81. The molecule has 2 N–H and O–H groups in total. The van der Waals surface area contributed by atoms with Crippen LogP contribution in [0.15, 0.2) is 24.7 Å². The third-order valence-corrected chi connectivity index (χ3v) is 2.98. The first-order valence-electron chi connectivity index (χ1n) is 5.84. The molecular weight excluding hydrogens is 255 g/mol. The fraction of sp³-hybridized carbons (Fsp3) is 0.308. The van der Waals surface area contributed by atoms with Crippen molar-refractivity contribution in [2.45, 2.75) is 19.9 Å². The van der Waals surface area contributed by atoms with Crippen LogP contribution in [0.3, 0.4) is 0 Å². The van der Waals surface area contributed by atoms with Crippen LogP contribution in [0.2, 0.25) is 0 Å². The lowest BCUT2D eigenvalue weighted by Gasteiger charge is -2.18. The third kappa shape index (κ3) is 2.49. The lowest BCUT2D eigenvalue weighted by atomic mass is 10.0. The number of benzene rings is 1. The molecule has 1 aromatic heterocycles. The van der Waals surface area contributed by atoms with Gasteiger partial charge in [0, 0.05) is 18.2 Å². The summed E-state index contributed by atoms with van der Waals surface area (Å²) in [6.07, 6.45) is 2.82. The Morgan fingerprint density at radius 3 is 2.37 bits per heavy atom. The Kier molecular flexibility index (Phi) is 3.61. The lowest BCUT2D eigenvalue weighted by Crippen LogP contribution is -2.20. The van der Waals surface area contributed by atoms with Crippen molar-refractivity contribution in [3.63, 3.8) is 0 Å². The van der Waals surface area contributed by atoms with Crippen LogP contribution in [0, 0.1) is 23.4 Å². The zero-order valence-electron chi connectivity index (χ0n) is 10.6. The SMILES string of the molecule is CC(C)C(N)c1cncn1-c1cc(F)c(F)cc1F. The highest BCUT2D eigenvalue weighted by Crippen LogP contribution is 2.24. The van der Waals surface area contributed by atoms with Crippen molar-refractivity contribution < 1.29 is 13.2 Å². The summed E-state index contributed by atoms with van der Waals surface area (Å²) in [6, 6.07) is 0.924. The van der Waals surface area contributed by atoms with E-state index in [9.17, 15) is 13.2 Å². The molecule has 3 nitrogen and oxygen atoms in total. The summed E-state index contributed by atoms with van der Waals surface area (Å²) >= 11 is 0. The first-order valence-corrected chi connectivity index (χ1v) is 5.84. The fourth-order valence-corrected chi connectivity index (χ4v) is 1.79. The summed E-state index contributed by atoms with van der Waals surface area (Å²) in [5, 5.41) is 0. The van der Waals surface area contributed by atoms with Crippen LogP contribution in [0.25, 0.3) is 5.69 Å². The predicted molar refractivity (Wildman–Crippen MR) is 65.2 cm³/mol. The van der Waals surface area contributed by atoms with Gasteiger partial charge in [-0.25, -0.2) is 18.2 Å². The van der Waals surface area contributed by atoms with E-state index in [0.29, 0.717) is 11.8 Å². The molecule has 6 heteroatoms. The van der Waals surface area contributed by atoms with Crippen molar-refractivity contribution in [1.29, 1.82) is 0 Å². The third-order valence-electron chi connectivity index (χ3n) is 2.98. The molecule has 1 unspecified atom stereocenters. The average molecular weight is 269 g/mol. The number of rotatable bonds is 3. The van der Waals surface area contributed by atoms with E-state index in [1.807, 2.05) is 13.8 Å². The van der Waals surface area contributed by atoms with Crippen molar-refractivity contribution in [2.75, 3.05) is 0 Å². The molecule has 0 bridgehead atoms. The molecule has 0 fully saturated rings. The largest absolute Gasteiger partial charge is 0.322 e. The quantitative estimate of drug-likeness (QED) is 0.871. The van der Waals surface area contributed by atoms with Gasteiger partial charge in [-0.15, -0.1) is 0 Å². The number of aromatic nitrogens is 2. The van der Waals surface area contributed by atoms with Crippen LogP contribution in [0.1, 0.15) is 25.6 Å². The molecule has 1 atom stereocenters. The van der Waals surface area contributed by atoms with E-state index >= 15 is 0 Å². The van der Waals surface area contributed by atoms with Crippen molar-refractivity contribution in [3.05, 3.63) is 47.8 Å². The maximum absolute atomic E-state index is 13.7. The summed E-state index contributed by atoms with van der Waals surface area (Å²) in [4.78, 5) is 3.90. The molecule has 19 heavy (non-hydrogen) atoms. The van der Waals surface area contributed by atoms with Crippen LogP contribution < -0.4 is 5.73 Å². The molecule has 1 aromatic carbocycles. The number of nitrogens with two attached hydrogens (primary N) is 1. The number of hydrogen-bond donors (Lipinski definition) is 1. The van der Waals surface area contributed by atoms with Gasteiger partial charge in [0.15, 0.2) is 11.6 Å². The van der Waals surface area contributed by atoms with E-state index in [-0.39, 0.29) is 17.6 Å². The molecule has 0 aliphatic rings. The molecule has 2 aromatic rings. The normalized spacial score (nSPS) is 13.0. The maximum Gasteiger partial charge on any atom is 0.161 e. The Labute approximate surface area is 108 Å². The summed E-state index contributed by atoms with van der Waals surface area (Å²) < 4.78 is 41.2. The van der Waals surface area contributed by atoms with Crippen molar-refractivity contribution in [1.82, 2.24) is 9.55 Å². The van der Waals surface area contributed by atoms with E-state index in [0.717, 1.165) is 6.07 Å². The molecule has 0 aliphatic heterocycles. The molecule has 0 aliphatic carbocycles. The summed E-state index contributed by atoms with van der Waals surface area (Å²) in [5.74, 6) is -3.11.